The summed E-state index contributed by atoms with van der Waals surface area (Å²) in [6.07, 6.45) is 1.76. The quantitative estimate of drug-likeness (QED) is 0.822. The number of hydrogen-bond acceptors (Lipinski definition) is 5. The summed E-state index contributed by atoms with van der Waals surface area (Å²) in [5.74, 6) is -1.20. The number of aromatic nitrogens is 2. The van der Waals surface area contributed by atoms with Gasteiger partial charge in [0.15, 0.2) is 11.5 Å². The minimum atomic E-state index is -1.27. The Morgan fingerprint density at radius 3 is 2.65 bits per heavy atom. The molecule has 2 N–H and O–H groups in total. The number of carboxylic acid groups (broad SMARTS) is 1. The van der Waals surface area contributed by atoms with Gasteiger partial charge in [0.2, 0.25) is 0 Å². The molecule has 0 aliphatic heterocycles. The van der Waals surface area contributed by atoms with E-state index in [2.05, 4.69) is 15.3 Å². The van der Waals surface area contributed by atoms with Crippen LogP contribution in [0.2, 0.25) is 0 Å². The normalized spacial score (nSPS) is 10.1. The monoisotopic (exact) mass is 239 g/mol. The predicted molar refractivity (Wildman–Crippen MR) is 58.8 cm³/mol. The van der Waals surface area contributed by atoms with Crippen molar-refractivity contribution in [2.75, 3.05) is 11.9 Å². The molecule has 0 spiro atoms. The summed E-state index contributed by atoms with van der Waals surface area (Å²) < 4.78 is 4.83. The zero-order chi connectivity index (χ0) is 12.8. The van der Waals surface area contributed by atoms with Crippen LogP contribution < -0.4 is 5.32 Å². The third-order valence-electron chi connectivity index (χ3n) is 1.67. The Morgan fingerprint density at radius 1 is 1.41 bits per heavy atom. The maximum Gasteiger partial charge on any atom is 0.412 e. The molecule has 0 aliphatic rings. The first-order valence-corrected chi connectivity index (χ1v) is 4.98. The Bertz CT molecular complexity index is 420. The van der Waals surface area contributed by atoms with Crippen LogP contribution in [0, 0.1) is 5.92 Å². The number of carbonyl (C=O) groups excluding carboxylic acids is 1. The van der Waals surface area contributed by atoms with Crippen LogP contribution in [0.3, 0.4) is 0 Å². The second-order valence-corrected chi connectivity index (χ2v) is 3.68. The van der Waals surface area contributed by atoms with E-state index in [0.29, 0.717) is 0 Å². The molecule has 0 aliphatic carbocycles. The van der Waals surface area contributed by atoms with Gasteiger partial charge in [-0.2, -0.15) is 0 Å². The summed E-state index contributed by atoms with van der Waals surface area (Å²) in [5, 5.41) is 11.0. The van der Waals surface area contributed by atoms with Gasteiger partial charge in [-0.25, -0.2) is 19.6 Å². The van der Waals surface area contributed by atoms with Crippen LogP contribution in [-0.4, -0.2) is 33.7 Å². The lowest BCUT2D eigenvalue weighted by molar-refractivity contribution is 0.0691. The van der Waals surface area contributed by atoms with E-state index in [4.69, 9.17) is 9.84 Å². The molecule has 0 unspecified atom stereocenters. The van der Waals surface area contributed by atoms with Gasteiger partial charge in [-0.05, 0) is 5.92 Å². The van der Waals surface area contributed by atoms with Crippen molar-refractivity contribution in [3.05, 3.63) is 18.1 Å². The highest BCUT2D eigenvalue weighted by Crippen LogP contribution is 2.08. The van der Waals surface area contributed by atoms with Crippen LogP contribution in [-0.2, 0) is 4.74 Å². The van der Waals surface area contributed by atoms with Crippen molar-refractivity contribution >= 4 is 17.9 Å². The summed E-state index contributed by atoms with van der Waals surface area (Å²) in [6, 6.07) is 0. The van der Waals surface area contributed by atoms with E-state index in [1.165, 1.54) is 12.4 Å². The SMILES string of the molecule is CC(C)COC(=O)Nc1nccnc1C(=O)O. The number of aromatic carboxylic acids is 1. The van der Waals surface area contributed by atoms with Crippen molar-refractivity contribution in [2.24, 2.45) is 5.92 Å². The number of anilines is 1. The van der Waals surface area contributed by atoms with Crippen LogP contribution in [0.5, 0.6) is 0 Å². The summed E-state index contributed by atoms with van der Waals surface area (Å²) in [6.45, 7) is 4.02. The van der Waals surface area contributed by atoms with Crippen LogP contribution in [0.4, 0.5) is 10.6 Å². The molecule has 0 saturated heterocycles. The molecule has 1 aromatic heterocycles. The van der Waals surface area contributed by atoms with Gasteiger partial charge in [0.1, 0.15) is 0 Å². The minimum absolute atomic E-state index is 0.131. The number of carbonyl (C=O) groups is 2. The predicted octanol–water partition coefficient (Wildman–Crippen LogP) is 1.38. The third-order valence-corrected chi connectivity index (χ3v) is 1.67. The lowest BCUT2D eigenvalue weighted by Gasteiger charge is -2.08. The van der Waals surface area contributed by atoms with Crippen molar-refractivity contribution in [2.45, 2.75) is 13.8 Å². The topological polar surface area (TPSA) is 101 Å². The molecule has 0 atom stereocenters. The Hall–Kier alpha value is -2.18. The molecular formula is C10H13N3O4. The number of carboxylic acids is 1. The molecule has 0 aromatic carbocycles. The van der Waals surface area contributed by atoms with E-state index >= 15 is 0 Å². The number of nitrogens with one attached hydrogen (secondary N) is 1. The van der Waals surface area contributed by atoms with Gasteiger partial charge in [-0.1, -0.05) is 13.8 Å². The Kier molecular flexibility index (Phi) is 4.38. The molecule has 92 valence electrons. The molecule has 1 amide bonds. The minimum Gasteiger partial charge on any atom is -0.476 e. The molecule has 7 heteroatoms. The second-order valence-electron chi connectivity index (χ2n) is 3.68. The van der Waals surface area contributed by atoms with E-state index < -0.39 is 12.1 Å². The fourth-order valence-electron chi connectivity index (χ4n) is 0.961. The van der Waals surface area contributed by atoms with Gasteiger partial charge in [-0.3, -0.25) is 5.32 Å². The van der Waals surface area contributed by atoms with E-state index in [9.17, 15) is 9.59 Å². The van der Waals surface area contributed by atoms with E-state index in [-0.39, 0.29) is 24.0 Å². The van der Waals surface area contributed by atoms with Crippen LogP contribution in [0.15, 0.2) is 12.4 Å². The summed E-state index contributed by atoms with van der Waals surface area (Å²) >= 11 is 0. The van der Waals surface area contributed by atoms with Gasteiger partial charge in [0.25, 0.3) is 0 Å². The highest BCUT2D eigenvalue weighted by Gasteiger charge is 2.15. The number of nitrogens with zero attached hydrogens (tertiary/aromatic N) is 2. The molecule has 1 rings (SSSR count). The van der Waals surface area contributed by atoms with Crippen molar-refractivity contribution in [1.82, 2.24) is 9.97 Å². The lowest BCUT2D eigenvalue weighted by atomic mass is 10.2. The maximum atomic E-state index is 11.3. The molecule has 1 aromatic rings. The number of amides is 1. The zero-order valence-corrected chi connectivity index (χ0v) is 9.51. The van der Waals surface area contributed by atoms with Crippen LogP contribution in [0.25, 0.3) is 0 Å². The average molecular weight is 239 g/mol. The van der Waals surface area contributed by atoms with Crippen molar-refractivity contribution in [3.8, 4) is 0 Å². The summed E-state index contributed by atoms with van der Waals surface area (Å²) in [7, 11) is 0. The third kappa shape index (κ3) is 4.06. The Morgan fingerprint density at radius 2 is 2.06 bits per heavy atom. The first-order valence-electron chi connectivity index (χ1n) is 4.98. The molecule has 0 bridgehead atoms. The van der Waals surface area contributed by atoms with E-state index in [1.807, 2.05) is 13.8 Å². The molecule has 17 heavy (non-hydrogen) atoms. The van der Waals surface area contributed by atoms with Gasteiger partial charge in [0.05, 0.1) is 6.61 Å². The number of hydrogen-bond donors (Lipinski definition) is 2. The number of ether oxygens (including phenoxy) is 1. The Labute approximate surface area is 97.8 Å². The molecule has 1 heterocycles. The van der Waals surface area contributed by atoms with Gasteiger partial charge >= 0.3 is 12.1 Å². The molecule has 7 nitrogen and oxygen atoms in total. The zero-order valence-electron chi connectivity index (χ0n) is 9.51. The molecule has 0 fully saturated rings. The highest BCUT2D eigenvalue weighted by atomic mass is 16.5. The van der Waals surface area contributed by atoms with Gasteiger partial charge in [0, 0.05) is 12.4 Å². The largest absolute Gasteiger partial charge is 0.476 e. The van der Waals surface area contributed by atoms with Crippen molar-refractivity contribution in [1.29, 1.82) is 0 Å². The van der Waals surface area contributed by atoms with Crippen LogP contribution >= 0.6 is 0 Å². The molecular weight excluding hydrogens is 226 g/mol. The summed E-state index contributed by atoms with van der Waals surface area (Å²) in [4.78, 5) is 29.4. The smallest absolute Gasteiger partial charge is 0.412 e. The summed E-state index contributed by atoms with van der Waals surface area (Å²) in [5.41, 5.74) is -0.325. The fraction of sp³-hybridized carbons (Fsp3) is 0.400. The Balaban J connectivity index is 2.68. The maximum absolute atomic E-state index is 11.3. The first-order chi connectivity index (χ1) is 8.00. The first kappa shape index (κ1) is 12.9. The van der Waals surface area contributed by atoms with Crippen molar-refractivity contribution in [3.63, 3.8) is 0 Å². The van der Waals surface area contributed by atoms with E-state index in [1.54, 1.807) is 0 Å². The lowest BCUT2D eigenvalue weighted by Crippen LogP contribution is -2.19. The van der Waals surface area contributed by atoms with Gasteiger partial charge in [-0.15, -0.1) is 0 Å². The second kappa shape index (κ2) is 5.78. The standard InChI is InChI=1S/C10H13N3O4/c1-6(2)5-17-10(16)13-8-7(9(14)15)11-3-4-12-8/h3-4,6H,5H2,1-2H3,(H,14,15)(H,12,13,16). The van der Waals surface area contributed by atoms with Crippen LogP contribution in [0.1, 0.15) is 24.3 Å². The fourth-order valence-corrected chi connectivity index (χ4v) is 0.961. The number of rotatable bonds is 4. The molecule has 0 saturated carbocycles. The van der Waals surface area contributed by atoms with E-state index in [0.717, 1.165) is 0 Å². The highest BCUT2D eigenvalue weighted by molar-refractivity contribution is 5.95. The van der Waals surface area contributed by atoms with Gasteiger partial charge < -0.3 is 9.84 Å². The molecule has 0 radical (unpaired) electrons. The van der Waals surface area contributed by atoms with Crippen molar-refractivity contribution < 1.29 is 19.4 Å². The average Bonchev–Trinajstić information content (AvgIpc) is 2.27.